The van der Waals surface area contributed by atoms with Gasteiger partial charge in [-0.05, 0) is 37.9 Å². The summed E-state index contributed by atoms with van der Waals surface area (Å²) in [5.41, 5.74) is 4.37. The standard InChI is InChI=1S/C11H15N/c1-8-3-4-10-5-6-12-9(2)11(10)7-8/h3-4,7,9,12H,5-6H2,1-2H3/t9-/m0/s1. The van der Waals surface area contributed by atoms with E-state index in [1.807, 2.05) is 0 Å². The van der Waals surface area contributed by atoms with Crippen LogP contribution in [-0.2, 0) is 6.42 Å². The Hall–Kier alpha value is -0.820. The van der Waals surface area contributed by atoms with Crippen LogP contribution < -0.4 is 5.32 Å². The molecule has 0 aliphatic carbocycles. The van der Waals surface area contributed by atoms with E-state index < -0.39 is 0 Å². The maximum Gasteiger partial charge on any atom is 0.0294 e. The topological polar surface area (TPSA) is 12.0 Å². The molecule has 1 aromatic rings. The fourth-order valence-corrected chi connectivity index (χ4v) is 1.88. The van der Waals surface area contributed by atoms with Crippen LogP contribution in [0.2, 0.25) is 0 Å². The van der Waals surface area contributed by atoms with Gasteiger partial charge in [-0.2, -0.15) is 0 Å². The van der Waals surface area contributed by atoms with E-state index in [1.54, 1.807) is 0 Å². The van der Waals surface area contributed by atoms with Crippen molar-refractivity contribution in [2.24, 2.45) is 0 Å². The van der Waals surface area contributed by atoms with Crippen LogP contribution in [0, 0.1) is 6.92 Å². The average molecular weight is 161 g/mol. The van der Waals surface area contributed by atoms with Crippen LogP contribution in [0.1, 0.15) is 29.7 Å². The minimum Gasteiger partial charge on any atom is -0.310 e. The van der Waals surface area contributed by atoms with Crippen LogP contribution in [-0.4, -0.2) is 6.54 Å². The molecule has 1 heteroatoms. The first kappa shape index (κ1) is 7.81. The van der Waals surface area contributed by atoms with Crippen molar-refractivity contribution >= 4 is 0 Å². The minimum atomic E-state index is 0.536. The fraction of sp³-hybridized carbons (Fsp3) is 0.455. The predicted molar refractivity (Wildman–Crippen MR) is 51.3 cm³/mol. The van der Waals surface area contributed by atoms with Gasteiger partial charge in [-0.1, -0.05) is 23.8 Å². The summed E-state index contributed by atoms with van der Waals surface area (Å²) in [5, 5.41) is 3.47. The SMILES string of the molecule is Cc1ccc2c(c1)[C@H](C)NCC2. The number of hydrogen-bond donors (Lipinski definition) is 1. The second kappa shape index (κ2) is 2.91. The largest absolute Gasteiger partial charge is 0.310 e. The first-order valence-electron chi connectivity index (χ1n) is 4.60. The number of rotatable bonds is 0. The van der Waals surface area contributed by atoms with Crippen LogP contribution in [0.5, 0.6) is 0 Å². The molecular formula is C11H15N. The predicted octanol–water partition coefficient (Wildman–Crippen LogP) is 2.20. The van der Waals surface area contributed by atoms with Gasteiger partial charge < -0.3 is 5.32 Å². The maximum absolute atomic E-state index is 3.47. The minimum absolute atomic E-state index is 0.536. The monoisotopic (exact) mass is 161 g/mol. The van der Waals surface area contributed by atoms with Crippen molar-refractivity contribution in [2.75, 3.05) is 6.54 Å². The van der Waals surface area contributed by atoms with E-state index in [0.29, 0.717) is 6.04 Å². The van der Waals surface area contributed by atoms with Gasteiger partial charge in [0.25, 0.3) is 0 Å². The van der Waals surface area contributed by atoms with Gasteiger partial charge in [0, 0.05) is 6.04 Å². The molecule has 1 nitrogen and oxygen atoms in total. The lowest BCUT2D eigenvalue weighted by Crippen LogP contribution is -2.27. The lowest BCUT2D eigenvalue weighted by molar-refractivity contribution is 0.540. The van der Waals surface area contributed by atoms with Gasteiger partial charge in [-0.15, -0.1) is 0 Å². The third kappa shape index (κ3) is 1.25. The number of nitrogens with one attached hydrogen (secondary N) is 1. The van der Waals surface area contributed by atoms with Crippen molar-refractivity contribution in [2.45, 2.75) is 26.3 Å². The summed E-state index contributed by atoms with van der Waals surface area (Å²) < 4.78 is 0. The smallest absolute Gasteiger partial charge is 0.0294 e. The van der Waals surface area contributed by atoms with Crippen molar-refractivity contribution in [1.82, 2.24) is 5.32 Å². The van der Waals surface area contributed by atoms with Crippen LogP contribution >= 0.6 is 0 Å². The van der Waals surface area contributed by atoms with Crippen LogP contribution in [0.15, 0.2) is 18.2 Å². The summed E-state index contributed by atoms with van der Waals surface area (Å²) in [6, 6.07) is 7.30. The molecule has 64 valence electrons. The highest BCUT2D eigenvalue weighted by atomic mass is 14.9. The lowest BCUT2D eigenvalue weighted by atomic mass is 9.94. The molecule has 0 fully saturated rings. The molecule has 2 rings (SSSR count). The molecule has 1 atom stereocenters. The molecule has 1 N–H and O–H groups in total. The molecule has 0 unspecified atom stereocenters. The molecule has 0 amide bonds. The first-order valence-corrected chi connectivity index (χ1v) is 4.60. The number of fused-ring (bicyclic) bond motifs is 1. The van der Waals surface area contributed by atoms with Gasteiger partial charge >= 0.3 is 0 Å². The Morgan fingerprint density at radius 3 is 3.08 bits per heavy atom. The zero-order chi connectivity index (χ0) is 8.55. The Kier molecular flexibility index (Phi) is 1.89. The van der Waals surface area contributed by atoms with Gasteiger partial charge in [0.15, 0.2) is 0 Å². The highest BCUT2D eigenvalue weighted by molar-refractivity contribution is 5.35. The van der Waals surface area contributed by atoms with Gasteiger partial charge in [0.2, 0.25) is 0 Å². The molecule has 1 aromatic carbocycles. The van der Waals surface area contributed by atoms with Crippen LogP contribution in [0.3, 0.4) is 0 Å². The Bertz CT molecular complexity index is 291. The summed E-state index contributed by atoms with van der Waals surface area (Å²) in [5.74, 6) is 0. The molecule has 0 spiro atoms. The molecule has 1 aliphatic rings. The molecule has 0 saturated carbocycles. The fourth-order valence-electron chi connectivity index (χ4n) is 1.88. The van der Waals surface area contributed by atoms with Gasteiger partial charge in [0.1, 0.15) is 0 Å². The van der Waals surface area contributed by atoms with E-state index in [-0.39, 0.29) is 0 Å². The number of hydrogen-bond acceptors (Lipinski definition) is 1. The summed E-state index contributed by atoms with van der Waals surface area (Å²) in [7, 11) is 0. The summed E-state index contributed by atoms with van der Waals surface area (Å²) in [6.45, 7) is 5.51. The molecule has 0 aromatic heterocycles. The molecule has 0 saturated heterocycles. The number of aryl methyl sites for hydroxylation is 1. The van der Waals surface area contributed by atoms with E-state index >= 15 is 0 Å². The van der Waals surface area contributed by atoms with Crippen molar-refractivity contribution in [3.8, 4) is 0 Å². The lowest BCUT2D eigenvalue weighted by Gasteiger charge is -2.24. The summed E-state index contributed by atoms with van der Waals surface area (Å²) in [4.78, 5) is 0. The van der Waals surface area contributed by atoms with Crippen molar-refractivity contribution < 1.29 is 0 Å². The van der Waals surface area contributed by atoms with E-state index in [4.69, 9.17) is 0 Å². The highest BCUT2D eigenvalue weighted by Crippen LogP contribution is 2.22. The van der Waals surface area contributed by atoms with E-state index in [1.165, 1.54) is 23.1 Å². The quantitative estimate of drug-likeness (QED) is 0.615. The zero-order valence-electron chi connectivity index (χ0n) is 7.72. The van der Waals surface area contributed by atoms with Crippen molar-refractivity contribution in [3.05, 3.63) is 34.9 Å². The van der Waals surface area contributed by atoms with E-state index in [2.05, 4.69) is 37.4 Å². The highest BCUT2D eigenvalue weighted by Gasteiger charge is 2.14. The number of benzene rings is 1. The average Bonchev–Trinajstić information content (AvgIpc) is 2.07. The van der Waals surface area contributed by atoms with E-state index in [0.717, 1.165) is 6.54 Å². The van der Waals surface area contributed by atoms with Crippen LogP contribution in [0.4, 0.5) is 0 Å². The van der Waals surface area contributed by atoms with Crippen molar-refractivity contribution in [3.63, 3.8) is 0 Å². The molecule has 0 radical (unpaired) electrons. The first-order chi connectivity index (χ1) is 5.77. The Morgan fingerprint density at radius 1 is 1.42 bits per heavy atom. The van der Waals surface area contributed by atoms with Gasteiger partial charge in [-0.3, -0.25) is 0 Å². The Balaban J connectivity index is 2.47. The second-order valence-electron chi connectivity index (χ2n) is 3.63. The molecule has 1 heterocycles. The van der Waals surface area contributed by atoms with E-state index in [9.17, 15) is 0 Å². The molecular weight excluding hydrogens is 146 g/mol. The Morgan fingerprint density at radius 2 is 2.25 bits per heavy atom. The van der Waals surface area contributed by atoms with Gasteiger partial charge in [0.05, 0.1) is 0 Å². The Labute approximate surface area is 73.8 Å². The van der Waals surface area contributed by atoms with Crippen LogP contribution in [0.25, 0.3) is 0 Å². The normalized spacial score (nSPS) is 22.0. The third-order valence-electron chi connectivity index (χ3n) is 2.61. The van der Waals surface area contributed by atoms with Crippen molar-refractivity contribution in [1.29, 1.82) is 0 Å². The second-order valence-corrected chi connectivity index (χ2v) is 3.63. The van der Waals surface area contributed by atoms with Gasteiger partial charge in [-0.25, -0.2) is 0 Å². The third-order valence-corrected chi connectivity index (χ3v) is 2.61. The molecule has 12 heavy (non-hydrogen) atoms. The molecule has 1 aliphatic heterocycles. The zero-order valence-corrected chi connectivity index (χ0v) is 7.72. The summed E-state index contributed by atoms with van der Waals surface area (Å²) >= 11 is 0. The maximum atomic E-state index is 3.47. The summed E-state index contributed by atoms with van der Waals surface area (Å²) in [6.07, 6.45) is 1.18. The molecule has 0 bridgehead atoms.